The molecule has 0 aliphatic carbocycles. The molecule has 1 unspecified atom stereocenters. The Morgan fingerprint density at radius 2 is 0.470 bits per heavy atom. The first kappa shape index (κ1) is 79.3. The summed E-state index contributed by atoms with van der Waals surface area (Å²) in [5.41, 5.74) is 0. The fourth-order valence-corrected chi connectivity index (χ4v) is 10.2. The monoisotopic (exact) mass is 1160 g/mol. The van der Waals surface area contributed by atoms with E-state index in [1.54, 1.807) is 0 Å². The molecule has 0 aliphatic heterocycles. The number of esters is 3. The van der Waals surface area contributed by atoms with Gasteiger partial charge in [-0.2, -0.15) is 0 Å². The van der Waals surface area contributed by atoms with Crippen molar-refractivity contribution in [1.82, 2.24) is 0 Å². The van der Waals surface area contributed by atoms with Crippen LogP contribution in [0.3, 0.4) is 0 Å². The molecule has 0 aromatic heterocycles. The van der Waals surface area contributed by atoms with Crippen LogP contribution in [-0.4, -0.2) is 37.2 Å². The summed E-state index contributed by atoms with van der Waals surface area (Å²) in [6.45, 7) is 6.55. The third-order valence-corrected chi connectivity index (χ3v) is 15.6. The minimum atomic E-state index is -0.782. The zero-order valence-electron chi connectivity index (χ0n) is 54.9. The Balaban J connectivity index is 4.28. The van der Waals surface area contributed by atoms with E-state index in [4.69, 9.17) is 14.2 Å². The van der Waals surface area contributed by atoms with Crippen LogP contribution in [0.15, 0.2) is 97.2 Å². The van der Waals surface area contributed by atoms with Gasteiger partial charge in [0.2, 0.25) is 0 Å². The second kappa shape index (κ2) is 70.8. The van der Waals surface area contributed by atoms with Gasteiger partial charge in [-0.05, 0) is 103 Å². The minimum absolute atomic E-state index is 0.0766. The number of unbranched alkanes of at least 4 members (excludes halogenated alkanes) is 38. The maximum absolute atomic E-state index is 12.9. The molecular formula is C77H134O6. The van der Waals surface area contributed by atoms with Gasteiger partial charge in [-0.15, -0.1) is 0 Å². The Morgan fingerprint density at radius 1 is 0.253 bits per heavy atom. The van der Waals surface area contributed by atoms with Crippen LogP contribution in [0, 0.1) is 0 Å². The van der Waals surface area contributed by atoms with Crippen LogP contribution in [0.1, 0.15) is 355 Å². The summed E-state index contributed by atoms with van der Waals surface area (Å²) in [7, 11) is 0. The highest BCUT2D eigenvalue weighted by Gasteiger charge is 2.19. The quantitative estimate of drug-likeness (QED) is 0.0261. The smallest absolute Gasteiger partial charge is 0.306 e. The highest BCUT2D eigenvalue weighted by molar-refractivity contribution is 5.71. The summed E-state index contributed by atoms with van der Waals surface area (Å²) in [6, 6.07) is 0. The van der Waals surface area contributed by atoms with E-state index in [0.717, 1.165) is 109 Å². The number of hydrogen-bond acceptors (Lipinski definition) is 6. The SMILES string of the molecule is CC/C=C\C/C=C\C/C=C\C/C=C\C/C=C\C/C=C\CCCCCCCCCCCCCCC(=O)OCC(COC(=O)CCCCCCCCCCCCCCCCCC)OC(=O)CCCCCCCCC/C=C\C/C=C\CCCCCC. The molecule has 0 fully saturated rings. The summed E-state index contributed by atoms with van der Waals surface area (Å²) < 4.78 is 17.0. The number of rotatable bonds is 65. The lowest BCUT2D eigenvalue weighted by Gasteiger charge is -2.18. The molecule has 0 saturated heterocycles. The summed E-state index contributed by atoms with van der Waals surface area (Å²) in [4.78, 5) is 38.5. The van der Waals surface area contributed by atoms with Crippen molar-refractivity contribution in [2.24, 2.45) is 0 Å². The molecule has 0 heterocycles. The molecule has 0 rings (SSSR count). The molecule has 0 N–H and O–H groups in total. The fourth-order valence-electron chi connectivity index (χ4n) is 10.2. The van der Waals surface area contributed by atoms with Crippen LogP contribution in [0.4, 0.5) is 0 Å². The van der Waals surface area contributed by atoms with E-state index in [1.807, 2.05) is 0 Å². The Labute approximate surface area is 515 Å². The lowest BCUT2D eigenvalue weighted by Crippen LogP contribution is -2.30. The minimum Gasteiger partial charge on any atom is -0.462 e. The van der Waals surface area contributed by atoms with E-state index in [2.05, 4.69) is 118 Å². The predicted molar refractivity (Wildman–Crippen MR) is 362 cm³/mol. The third-order valence-electron chi connectivity index (χ3n) is 15.6. The lowest BCUT2D eigenvalue weighted by atomic mass is 10.0. The van der Waals surface area contributed by atoms with Gasteiger partial charge in [0.05, 0.1) is 0 Å². The maximum atomic E-state index is 12.9. The maximum Gasteiger partial charge on any atom is 0.306 e. The number of ether oxygens (including phenoxy) is 3. The zero-order chi connectivity index (χ0) is 59.9. The molecule has 0 aromatic rings. The van der Waals surface area contributed by atoms with Gasteiger partial charge in [0.25, 0.3) is 0 Å². The largest absolute Gasteiger partial charge is 0.462 e. The Morgan fingerprint density at radius 3 is 0.747 bits per heavy atom. The van der Waals surface area contributed by atoms with Gasteiger partial charge in [-0.1, -0.05) is 330 Å². The highest BCUT2D eigenvalue weighted by atomic mass is 16.6. The first-order chi connectivity index (χ1) is 41.0. The normalized spacial score (nSPS) is 12.7. The van der Waals surface area contributed by atoms with Crippen molar-refractivity contribution < 1.29 is 28.6 Å². The van der Waals surface area contributed by atoms with Gasteiger partial charge < -0.3 is 14.2 Å². The summed E-state index contributed by atoms with van der Waals surface area (Å²) >= 11 is 0. The van der Waals surface area contributed by atoms with Crippen molar-refractivity contribution >= 4 is 17.9 Å². The molecule has 0 amide bonds. The number of carbonyl (C=O) groups is 3. The van der Waals surface area contributed by atoms with Crippen molar-refractivity contribution in [2.45, 2.75) is 361 Å². The summed E-state index contributed by atoms with van der Waals surface area (Å²) in [5, 5.41) is 0. The van der Waals surface area contributed by atoms with E-state index in [9.17, 15) is 14.4 Å². The van der Waals surface area contributed by atoms with Crippen molar-refractivity contribution in [1.29, 1.82) is 0 Å². The van der Waals surface area contributed by atoms with Crippen LogP contribution in [-0.2, 0) is 28.6 Å². The fraction of sp³-hybridized carbons (Fsp3) is 0.753. The molecular weight excluding hydrogens is 1020 g/mol. The molecule has 0 saturated carbocycles. The number of hydrogen-bond donors (Lipinski definition) is 0. The molecule has 0 spiro atoms. The van der Waals surface area contributed by atoms with E-state index in [0.29, 0.717) is 19.3 Å². The first-order valence-electron chi connectivity index (χ1n) is 35.7. The van der Waals surface area contributed by atoms with Crippen LogP contribution in [0.5, 0.6) is 0 Å². The van der Waals surface area contributed by atoms with Crippen molar-refractivity contribution in [3.8, 4) is 0 Å². The molecule has 1 atom stereocenters. The van der Waals surface area contributed by atoms with Gasteiger partial charge >= 0.3 is 17.9 Å². The molecule has 0 aliphatic rings. The highest BCUT2D eigenvalue weighted by Crippen LogP contribution is 2.17. The summed E-state index contributed by atoms with van der Waals surface area (Å²) in [6.07, 6.45) is 95.7. The molecule has 0 aromatic carbocycles. The number of carbonyl (C=O) groups excluding carboxylic acids is 3. The Bertz CT molecular complexity index is 1610. The number of allylic oxidation sites excluding steroid dienone is 16. The standard InChI is InChI=1S/C77H134O6/c1-4-7-10-13-16-19-22-25-28-31-33-34-35-36-37-38-39-40-41-42-43-44-45-47-49-52-55-58-61-64-67-70-76(79)82-73-74(72-81-75(78)69-66-63-60-57-54-51-48-30-27-24-21-18-15-12-9-6-3)83-77(80)71-68-65-62-59-56-53-50-46-32-29-26-23-20-17-14-11-8-5-2/h7,10,16,19-20,23,25,28-29,32-34,36-37,39-40,74H,4-6,8-9,11-15,17-18,21-22,24,26-27,30-31,35,38,41-73H2,1-3H3/b10-7-,19-16-,23-20-,28-25-,32-29-,34-33-,37-36-,40-39-. The summed E-state index contributed by atoms with van der Waals surface area (Å²) in [5.74, 6) is -0.868. The molecule has 0 radical (unpaired) electrons. The van der Waals surface area contributed by atoms with Crippen LogP contribution in [0.25, 0.3) is 0 Å². The van der Waals surface area contributed by atoms with Crippen LogP contribution >= 0.6 is 0 Å². The Hall–Kier alpha value is -3.67. The molecule has 6 nitrogen and oxygen atoms in total. The lowest BCUT2D eigenvalue weighted by molar-refractivity contribution is -0.167. The van der Waals surface area contributed by atoms with Crippen molar-refractivity contribution in [2.75, 3.05) is 13.2 Å². The topological polar surface area (TPSA) is 78.9 Å². The molecule has 6 heteroatoms. The van der Waals surface area contributed by atoms with Crippen LogP contribution < -0.4 is 0 Å². The second-order valence-electron chi connectivity index (χ2n) is 23.8. The average Bonchev–Trinajstić information content (AvgIpc) is 3.49. The first-order valence-corrected chi connectivity index (χ1v) is 35.7. The van der Waals surface area contributed by atoms with Crippen molar-refractivity contribution in [3.63, 3.8) is 0 Å². The molecule has 83 heavy (non-hydrogen) atoms. The van der Waals surface area contributed by atoms with Gasteiger partial charge in [0.15, 0.2) is 6.10 Å². The predicted octanol–water partition coefficient (Wildman–Crippen LogP) is 24.8. The second-order valence-corrected chi connectivity index (χ2v) is 23.8. The molecule has 478 valence electrons. The molecule has 0 bridgehead atoms. The van der Waals surface area contributed by atoms with Gasteiger partial charge in [-0.3, -0.25) is 14.4 Å². The Kier molecular flexibility index (Phi) is 67.7. The van der Waals surface area contributed by atoms with Gasteiger partial charge in [0, 0.05) is 19.3 Å². The van der Waals surface area contributed by atoms with E-state index in [-0.39, 0.29) is 31.1 Å². The van der Waals surface area contributed by atoms with E-state index >= 15 is 0 Å². The van der Waals surface area contributed by atoms with Crippen molar-refractivity contribution in [3.05, 3.63) is 97.2 Å². The van der Waals surface area contributed by atoms with Gasteiger partial charge in [-0.25, -0.2) is 0 Å². The van der Waals surface area contributed by atoms with E-state index in [1.165, 1.54) is 205 Å². The zero-order valence-corrected chi connectivity index (χ0v) is 54.9. The average molecular weight is 1160 g/mol. The van der Waals surface area contributed by atoms with E-state index < -0.39 is 6.10 Å². The third kappa shape index (κ3) is 69.0. The van der Waals surface area contributed by atoms with Gasteiger partial charge in [0.1, 0.15) is 13.2 Å². The van der Waals surface area contributed by atoms with Crippen LogP contribution in [0.2, 0.25) is 0 Å².